The first-order valence-electron chi connectivity index (χ1n) is 9.32. The summed E-state index contributed by atoms with van der Waals surface area (Å²) < 4.78 is 15.0. The van der Waals surface area contributed by atoms with Gasteiger partial charge in [0.2, 0.25) is 5.91 Å². The highest BCUT2D eigenvalue weighted by molar-refractivity contribution is 5.95. The Labute approximate surface area is 164 Å². The Hall–Kier alpha value is -3.15. The van der Waals surface area contributed by atoms with Crippen molar-refractivity contribution in [2.24, 2.45) is 0 Å². The van der Waals surface area contributed by atoms with Gasteiger partial charge in [-0.3, -0.25) is 4.79 Å². The molecular formula is C22H25FN4O. The predicted octanol–water partition coefficient (Wildman–Crippen LogP) is 4.40. The molecule has 0 radical (unpaired) electrons. The normalized spacial score (nSPS) is 10.8. The molecular weight excluding hydrogens is 355 g/mol. The number of carbonyl (C=O) groups excluding carboxylic acids is 1. The lowest BCUT2D eigenvalue weighted by Crippen LogP contribution is -2.33. The van der Waals surface area contributed by atoms with Crippen LogP contribution in [0.3, 0.4) is 0 Å². The topological polar surface area (TPSA) is 50.2 Å². The SMILES string of the molecule is CCN(CC(=O)Nc1c(C)nn(-c2ccc(C)cc2)c1C)c1ccc(F)cc1. The van der Waals surface area contributed by atoms with Crippen LogP contribution in [-0.4, -0.2) is 28.8 Å². The minimum absolute atomic E-state index is 0.138. The Morgan fingerprint density at radius 2 is 1.71 bits per heavy atom. The molecule has 0 saturated carbocycles. The van der Waals surface area contributed by atoms with E-state index in [0.29, 0.717) is 6.54 Å². The molecule has 0 aliphatic carbocycles. The van der Waals surface area contributed by atoms with Gasteiger partial charge in [-0.15, -0.1) is 0 Å². The molecule has 0 aliphatic rings. The fourth-order valence-electron chi connectivity index (χ4n) is 3.15. The number of hydrogen-bond acceptors (Lipinski definition) is 3. The largest absolute Gasteiger partial charge is 0.362 e. The van der Waals surface area contributed by atoms with Crippen molar-refractivity contribution < 1.29 is 9.18 Å². The van der Waals surface area contributed by atoms with E-state index in [2.05, 4.69) is 10.4 Å². The summed E-state index contributed by atoms with van der Waals surface area (Å²) in [5, 5.41) is 7.56. The lowest BCUT2D eigenvalue weighted by molar-refractivity contribution is -0.115. The number of nitrogens with one attached hydrogen (secondary N) is 1. The van der Waals surface area contributed by atoms with E-state index in [4.69, 9.17) is 0 Å². The fraction of sp³-hybridized carbons (Fsp3) is 0.273. The molecule has 0 atom stereocenters. The smallest absolute Gasteiger partial charge is 0.243 e. The molecule has 0 aliphatic heterocycles. The van der Waals surface area contributed by atoms with Crippen LogP contribution in [0.15, 0.2) is 48.5 Å². The third-order valence-electron chi connectivity index (χ3n) is 4.74. The van der Waals surface area contributed by atoms with Crippen LogP contribution in [0.1, 0.15) is 23.9 Å². The Morgan fingerprint density at radius 3 is 2.32 bits per heavy atom. The van der Waals surface area contributed by atoms with Gasteiger partial charge >= 0.3 is 0 Å². The molecule has 3 aromatic rings. The second kappa shape index (κ2) is 8.25. The minimum atomic E-state index is -0.293. The summed E-state index contributed by atoms with van der Waals surface area (Å²) >= 11 is 0. The van der Waals surface area contributed by atoms with Crippen molar-refractivity contribution in [2.75, 3.05) is 23.3 Å². The van der Waals surface area contributed by atoms with Gasteiger partial charge in [0.1, 0.15) is 5.82 Å². The van der Waals surface area contributed by atoms with E-state index in [0.717, 1.165) is 28.5 Å². The van der Waals surface area contributed by atoms with Crippen LogP contribution in [0.4, 0.5) is 15.8 Å². The summed E-state index contributed by atoms with van der Waals surface area (Å²) in [4.78, 5) is 14.5. The molecule has 28 heavy (non-hydrogen) atoms. The van der Waals surface area contributed by atoms with Crippen molar-refractivity contribution in [3.8, 4) is 5.69 Å². The van der Waals surface area contributed by atoms with Gasteiger partial charge in [0.25, 0.3) is 0 Å². The van der Waals surface area contributed by atoms with Crippen LogP contribution in [0.25, 0.3) is 5.69 Å². The quantitative estimate of drug-likeness (QED) is 0.689. The van der Waals surface area contributed by atoms with Gasteiger partial charge in [0.05, 0.1) is 29.3 Å². The van der Waals surface area contributed by atoms with Gasteiger partial charge < -0.3 is 10.2 Å². The Balaban J connectivity index is 1.76. The number of carbonyl (C=O) groups is 1. The number of benzene rings is 2. The zero-order valence-electron chi connectivity index (χ0n) is 16.7. The number of rotatable bonds is 6. The van der Waals surface area contributed by atoms with E-state index >= 15 is 0 Å². The van der Waals surface area contributed by atoms with Gasteiger partial charge in [-0.2, -0.15) is 5.10 Å². The zero-order chi connectivity index (χ0) is 20.3. The highest BCUT2D eigenvalue weighted by atomic mass is 19.1. The van der Waals surface area contributed by atoms with E-state index < -0.39 is 0 Å². The summed E-state index contributed by atoms with van der Waals surface area (Å²) in [5.74, 6) is -0.431. The lowest BCUT2D eigenvalue weighted by Gasteiger charge is -2.22. The standard InChI is InChI=1S/C22H25FN4O/c1-5-26(19-12-8-18(23)9-13-19)14-21(28)24-22-16(3)25-27(17(22)4)20-10-6-15(2)7-11-20/h6-13H,5,14H2,1-4H3,(H,24,28). The maximum atomic E-state index is 13.2. The van der Waals surface area contributed by atoms with Crippen molar-refractivity contribution in [2.45, 2.75) is 27.7 Å². The molecule has 0 fully saturated rings. The van der Waals surface area contributed by atoms with E-state index in [9.17, 15) is 9.18 Å². The van der Waals surface area contributed by atoms with E-state index in [1.807, 2.05) is 61.5 Å². The van der Waals surface area contributed by atoms with E-state index in [1.54, 1.807) is 12.1 Å². The molecule has 5 nitrogen and oxygen atoms in total. The highest BCUT2D eigenvalue weighted by Gasteiger charge is 2.17. The van der Waals surface area contributed by atoms with Gasteiger partial charge in [-0.25, -0.2) is 9.07 Å². The van der Waals surface area contributed by atoms with Crippen molar-refractivity contribution in [1.82, 2.24) is 9.78 Å². The highest BCUT2D eigenvalue weighted by Crippen LogP contribution is 2.23. The first-order chi connectivity index (χ1) is 13.4. The number of amides is 1. The summed E-state index contributed by atoms with van der Waals surface area (Å²) in [6, 6.07) is 14.2. The van der Waals surface area contributed by atoms with Gasteiger partial charge in [0, 0.05) is 12.2 Å². The first-order valence-corrected chi connectivity index (χ1v) is 9.32. The first kappa shape index (κ1) is 19.6. The molecule has 6 heteroatoms. The van der Waals surface area contributed by atoms with Gasteiger partial charge in [-0.05, 0) is 64.1 Å². The minimum Gasteiger partial charge on any atom is -0.362 e. The monoisotopic (exact) mass is 380 g/mol. The van der Waals surface area contributed by atoms with E-state index in [1.165, 1.54) is 17.7 Å². The summed E-state index contributed by atoms with van der Waals surface area (Å²) in [6.45, 7) is 8.63. The van der Waals surface area contributed by atoms with Crippen molar-refractivity contribution >= 4 is 17.3 Å². The second-order valence-corrected chi connectivity index (χ2v) is 6.83. The Bertz CT molecular complexity index is 961. The van der Waals surface area contributed by atoms with Crippen molar-refractivity contribution in [1.29, 1.82) is 0 Å². The average molecular weight is 380 g/mol. The number of aromatic nitrogens is 2. The maximum absolute atomic E-state index is 13.2. The number of aryl methyl sites for hydroxylation is 2. The molecule has 146 valence electrons. The molecule has 0 spiro atoms. The molecule has 1 amide bonds. The number of halogens is 1. The summed E-state index contributed by atoms with van der Waals surface area (Å²) in [7, 11) is 0. The third-order valence-corrected chi connectivity index (χ3v) is 4.74. The van der Waals surface area contributed by atoms with Gasteiger partial charge in [0.15, 0.2) is 0 Å². The molecule has 0 bridgehead atoms. The van der Waals surface area contributed by atoms with Crippen LogP contribution < -0.4 is 10.2 Å². The van der Waals surface area contributed by atoms with Crippen molar-refractivity contribution in [3.05, 3.63) is 71.3 Å². The molecule has 1 heterocycles. The predicted molar refractivity (Wildman–Crippen MR) is 111 cm³/mol. The van der Waals surface area contributed by atoms with E-state index in [-0.39, 0.29) is 18.3 Å². The Morgan fingerprint density at radius 1 is 1.07 bits per heavy atom. The fourth-order valence-corrected chi connectivity index (χ4v) is 3.15. The summed E-state index contributed by atoms with van der Waals surface area (Å²) in [5.41, 5.74) is 5.30. The number of hydrogen-bond donors (Lipinski definition) is 1. The number of anilines is 2. The van der Waals surface area contributed by atoms with Crippen LogP contribution in [0.5, 0.6) is 0 Å². The zero-order valence-corrected chi connectivity index (χ0v) is 16.7. The maximum Gasteiger partial charge on any atom is 0.243 e. The molecule has 0 unspecified atom stereocenters. The van der Waals surface area contributed by atoms with Crippen LogP contribution in [0.2, 0.25) is 0 Å². The molecule has 0 saturated heterocycles. The molecule has 3 rings (SSSR count). The molecule has 1 N–H and O–H groups in total. The number of nitrogens with zero attached hydrogens (tertiary/aromatic N) is 3. The summed E-state index contributed by atoms with van der Waals surface area (Å²) in [6.07, 6.45) is 0. The van der Waals surface area contributed by atoms with Crippen LogP contribution in [-0.2, 0) is 4.79 Å². The van der Waals surface area contributed by atoms with Crippen LogP contribution in [0, 0.1) is 26.6 Å². The van der Waals surface area contributed by atoms with Crippen LogP contribution >= 0.6 is 0 Å². The third kappa shape index (κ3) is 4.22. The average Bonchev–Trinajstić information content (AvgIpc) is 2.96. The van der Waals surface area contributed by atoms with Crippen molar-refractivity contribution in [3.63, 3.8) is 0 Å². The lowest BCUT2D eigenvalue weighted by atomic mass is 10.2. The Kier molecular flexibility index (Phi) is 5.78. The number of likely N-dealkylation sites (N-methyl/N-ethyl adjacent to an activating group) is 1. The molecule has 1 aromatic heterocycles. The molecule has 2 aromatic carbocycles. The van der Waals surface area contributed by atoms with Gasteiger partial charge in [-0.1, -0.05) is 17.7 Å². The second-order valence-electron chi connectivity index (χ2n) is 6.83.